The third-order valence-electron chi connectivity index (χ3n) is 4.53. The summed E-state index contributed by atoms with van der Waals surface area (Å²) in [5.41, 5.74) is 1.03. The molecule has 3 heterocycles. The van der Waals surface area contributed by atoms with Gasteiger partial charge in [0.25, 0.3) is 0 Å². The van der Waals surface area contributed by atoms with Crippen LogP contribution in [0.5, 0.6) is 0 Å². The van der Waals surface area contributed by atoms with Crippen LogP contribution >= 0.6 is 22.9 Å². The molecule has 1 unspecified atom stereocenters. The molecule has 0 amide bonds. The van der Waals surface area contributed by atoms with Gasteiger partial charge in [0.15, 0.2) is 0 Å². The van der Waals surface area contributed by atoms with Crippen molar-refractivity contribution in [3.63, 3.8) is 0 Å². The molecule has 2 aliphatic rings. The quantitative estimate of drug-likeness (QED) is 0.779. The van der Waals surface area contributed by atoms with Crippen LogP contribution in [0, 0.1) is 0 Å². The van der Waals surface area contributed by atoms with E-state index in [1.54, 1.807) is 11.3 Å². The van der Waals surface area contributed by atoms with Crippen molar-refractivity contribution in [3.8, 4) is 0 Å². The summed E-state index contributed by atoms with van der Waals surface area (Å²) in [6, 6.07) is 0.810. The van der Waals surface area contributed by atoms with Crippen LogP contribution in [0.3, 0.4) is 0 Å². The molecule has 1 atom stereocenters. The first kappa shape index (κ1) is 14.8. The van der Waals surface area contributed by atoms with Gasteiger partial charge in [-0.15, -0.1) is 22.9 Å². The highest BCUT2D eigenvalue weighted by atomic mass is 35.5. The van der Waals surface area contributed by atoms with Crippen LogP contribution in [0.25, 0.3) is 0 Å². The van der Waals surface area contributed by atoms with Crippen LogP contribution in [0.15, 0.2) is 5.38 Å². The molecule has 1 aromatic heterocycles. The van der Waals surface area contributed by atoms with Gasteiger partial charge in [-0.05, 0) is 38.9 Å². The maximum atomic E-state index is 5.80. The van der Waals surface area contributed by atoms with E-state index in [1.165, 1.54) is 56.9 Å². The summed E-state index contributed by atoms with van der Waals surface area (Å²) in [5.74, 6) is 0.539. The minimum atomic E-state index is 0.539. The van der Waals surface area contributed by atoms with Crippen LogP contribution in [0.1, 0.15) is 36.4 Å². The lowest BCUT2D eigenvalue weighted by Crippen LogP contribution is -2.41. The van der Waals surface area contributed by atoms with E-state index in [2.05, 4.69) is 20.2 Å². The van der Waals surface area contributed by atoms with E-state index in [0.29, 0.717) is 5.88 Å². The van der Waals surface area contributed by atoms with Crippen molar-refractivity contribution in [2.75, 3.05) is 32.7 Å². The Morgan fingerprint density at radius 1 is 1.25 bits per heavy atom. The summed E-state index contributed by atoms with van der Waals surface area (Å²) >= 11 is 7.55. The molecular weight excluding hydrogens is 290 g/mol. The number of alkyl halides is 1. The van der Waals surface area contributed by atoms with Crippen LogP contribution in [-0.4, -0.2) is 53.5 Å². The van der Waals surface area contributed by atoms with E-state index < -0.39 is 0 Å². The number of nitrogens with zero attached hydrogens (tertiary/aromatic N) is 3. The molecule has 3 nitrogen and oxygen atoms in total. The Hall–Kier alpha value is -0.160. The zero-order valence-electron chi connectivity index (χ0n) is 12.1. The molecule has 2 saturated heterocycles. The highest BCUT2D eigenvalue weighted by Crippen LogP contribution is 2.21. The number of hydrogen-bond donors (Lipinski definition) is 0. The average molecular weight is 314 g/mol. The van der Waals surface area contributed by atoms with Crippen LogP contribution in [0.4, 0.5) is 0 Å². The molecule has 0 saturated carbocycles. The summed E-state index contributed by atoms with van der Waals surface area (Å²) in [4.78, 5) is 9.88. The summed E-state index contributed by atoms with van der Waals surface area (Å²) in [5, 5.41) is 3.32. The number of aromatic nitrogens is 1. The number of piperidine rings is 1. The van der Waals surface area contributed by atoms with Gasteiger partial charge in [0, 0.05) is 30.9 Å². The number of thiazole rings is 1. The molecule has 0 radical (unpaired) electrons. The monoisotopic (exact) mass is 313 g/mol. The largest absolute Gasteiger partial charge is 0.301 e. The van der Waals surface area contributed by atoms with Gasteiger partial charge in [-0.2, -0.15) is 0 Å². The number of likely N-dealkylation sites (tertiary alicyclic amines) is 2. The van der Waals surface area contributed by atoms with Crippen LogP contribution < -0.4 is 0 Å². The number of hydrogen-bond acceptors (Lipinski definition) is 4. The molecule has 0 spiro atoms. The van der Waals surface area contributed by atoms with Gasteiger partial charge in [0.2, 0.25) is 0 Å². The molecule has 0 aliphatic carbocycles. The molecule has 112 valence electrons. The highest BCUT2D eigenvalue weighted by Gasteiger charge is 2.28. The van der Waals surface area contributed by atoms with E-state index in [9.17, 15) is 0 Å². The first-order valence-electron chi connectivity index (χ1n) is 7.81. The number of rotatable bonds is 5. The van der Waals surface area contributed by atoms with E-state index >= 15 is 0 Å². The van der Waals surface area contributed by atoms with Gasteiger partial charge in [0.05, 0.1) is 16.6 Å². The van der Waals surface area contributed by atoms with Crippen molar-refractivity contribution in [2.24, 2.45) is 0 Å². The Kier molecular flexibility index (Phi) is 5.32. The van der Waals surface area contributed by atoms with Crippen molar-refractivity contribution in [3.05, 3.63) is 16.1 Å². The molecule has 5 heteroatoms. The summed E-state index contributed by atoms with van der Waals surface area (Å²) in [7, 11) is 0. The fourth-order valence-electron chi connectivity index (χ4n) is 3.38. The lowest BCUT2D eigenvalue weighted by atomic mass is 10.1. The second kappa shape index (κ2) is 7.21. The standard InChI is InChI=1S/C15H24ClN3S/c16-10-13-12-20-15(17-13)5-9-18-8-4-14(11-18)19-6-2-1-3-7-19/h12,14H,1-11H2. The second-order valence-electron chi connectivity index (χ2n) is 5.96. The Balaban J connectivity index is 1.43. The average Bonchev–Trinajstić information content (AvgIpc) is 3.15. The fraction of sp³-hybridized carbons (Fsp3) is 0.800. The molecule has 2 aliphatic heterocycles. The highest BCUT2D eigenvalue weighted by molar-refractivity contribution is 7.09. The van der Waals surface area contributed by atoms with Crippen molar-refractivity contribution in [1.29, 1.82) is 0 Å². The van der Waals surface area contributed by atoms with Gasteiger partial charge in [-0.1, -0.05) is 6.42 Å². The number of halogens is 1. The first-order valence-corrected chi connectivity index (χ1v) is 9.22. The van der Waals surface area contributed by atoms with Gasteiger partial charge >= 0.3 is 0 Å². The normalized spacial score (nSPS) is 25.4. The third-order valence-corrected chi connectivity index (χ3v) is 5.76. The SMILES string of the molecule is ClCc1csc(CCN2CCC(N3CCCCC3)C2)n1. The minimum absolute atomic E-state index is 0.539. The minimum Gasteiger partial charge on any atom is -0.301 e. The molecule has 0 bridgehead atoms. The maximum absolute atomic E-state index is 5.80. The van der Waals surface area contributed by atoms with E-state index in [0.717, 1.165) is 24.7 Å². The van der Waals surface area contributed by atoms with Gasteiger partial charge in [-0.3, -0.25) is 4.90 Å². The second-order valence-corrected chi connectivity index (χ2v) is 7.17. The molecule has 2 fully saturated rings. The van der Waals surface area contributed by atoms with Gasteiger partial charge < -0.3 is 4.90 Å². The van der Waals surface area contributed by atoms with Gasteiger partial charge in [-0.25, -0.2) is 4.98 Å². The molecule has 0 aromatic carbocycles. The molecule has 1 aromatic rings. The molecule has 20 heavy (non-hydrogen) atoms. The molecule has 0 N–H and O–H groups in total. The van der Waals surface area contributed by atoms with E-state index in [4.69, 9.17) is 11.6 Å². The summed E-state index contributed by atoms with van der Waals surface area (Å²) in [6.07, 6.45) is 6.66. The van der Waals surface area contributed by atoms with E-state index in [1.807, 2.05) is 0 Å². The first-order chi connectivity index (χ1) is 9.85. The zero-order chi connectivity index (χ0) is 13.8. The molecule has 3 rings (SSSR count). The van der Waals surface area contributed by atoms with Crippen molar-refractivity contribution in [2.45, 2.75) is 44.0 Å². The Morgan fingerprint density at radius 2 is 2.10 bits per heavy atom. The Labute approximate surface area is 130 Å². The maximum Gasteiger partial charge on any atom is 0.0941 e. The Morgan fingerprint density at radius 3 is 2.85 bits per heavy atom. The lowest BCUT2D eigenvalue weighted by molar-refractivity contribution is 0.162. The van der Waals surface area contributed by atoms with Crippen LogP contribution in [0.2, 0.25) is 0 Å². The third kappa shape index (κ3) is 3.73. The van der Waals surface area contributed by atoms with Gasteiger partial charge in [0.1, 0.15) is 0 Å². The van der Waals surface area contributed by atoms with Crippen LogP contribution in [-0.2, 0) is 12.3 Å². The van der Waals surface area contributed by atoms with E-state index in [-0.39, 0.29) is 0 Å². The lowest BCUT2D eigenvalue weighted by Gasteiger charge is -2.32. The summed E-state index contributed by atoms with van der Waals surface area (Å²) in [6.45, 7) is 6.32. The summed E-state index contributed by atoms with van der Waals surface area (Å²) < 4.78 is 0. The smallest absolute Gasteiger partial charge is 0.0941 e. The van der Waals surface area contributed by atoms with Crippen molar-refractivity contribution < 1.29 is 0 Å². The van der Waals surface area contributed by atoms with Crippen molar-refractivity contribution >= 4 is 22.9 Å². The van der Waals surface area contributed by atoms with Crippen molar-refractivity contribution in [1.82, 2.24) is 14.8 Å². The Bertz CT molecular complexity index is 417. The topological polar surface area (TPSA) is 19.4 Å². The molecular formula is C15H24ClN3S. The predicted molar refractivity (Wildman–Crippen MR) is 85.6 cm³/mol. The fourth-order valence-corrected chi connectivity index (χ4v) is 4.39. The zero-order valence-corrected chi connectivity index (χ0v) is 13.6. The predicted octanol–water partition coefficient (Wildman–Crippen LogP) is 2.98.